The summed E-state index contributed by atoms with van der Waals surface area (Å²) < 4.78 is 5.48. The monoisotopic (exact) mass is 290 g/mol. The highest BCUT2D eigenvalue weighted by molar-refractivity contribution is 7.09. The van der Waals surface area contributed by atoms with E-state index in [1.54, 1.807) is 18.4 Å². The van der Waals surface area contributed by atoms with Crippen LogP contribution in [-0.2, 0) is 11.8 Å². The number of ether oxygens (including phenoxy) is 1. The lowest BCUT2D eigenvalue weighted by molar-refractivity contribution is 0.415. The number of thiazole rings is 1. The van der Waals surface area contributed by atoms with E-state index in [0.29, 0.717) is 6.54 Å². The quantitative estimate of drug-likeness (QED) is 0.935. The van der Waals surface area contributed by atoms with Crippen molar-refractivity contribution >= 4 is 11.3 Å². The maximum atomic E-state index is 5.59. The van der Waals surface area contributed by atoms with E-state index in [-0.39, 0.29) is 5.41 Å². The molecule has 2 N–H and O–H groups in total. The zero-order valence-electron chi connectivity index (χ0n) is 12.6. The SMILES string of the molecule is COc1ccc(C(C)(C)C)cc1-c1csc(CCN)n1. The summed E-state index contributed by atoms with van der Waals surface area (Å²) in [5, 5.41) is 3.15. The van der Waals surface area contributed by atoms with Gasteiger partial charge in [-0.3, -0.25) is 0 Å². The highest BCUT2D eigenvalue weighted by atomic mass is 32.1. The Morgan fingerprint density at radius 1 is 1.30 bits per heavy atom. The number of methoxy groups -OCH3 is 1. The number of hydrogen-bond acceptors (Lipinski definition) is 4. The molecule has 1 aromatic heterocycles. The number of hydrogen-bond donors (Lipinski definition) is 1. The lowest BCUT2D eigenvalue weighted by atomic mass is 9.86. The number of aromatic nitrogens is 1. The summed E-state index contributed by atoms with van der Waals surface area (Å²) in [4.78, 5) is 4.66. The van der Waals surface area contributed by atoms with Crippen molar-refractivity contribution in [2.24, 2.45) is 5.73 Å². The molecule has 0 atom stereocenters. The molecule has 0 aliphatic carbocycles. The van der Waals surface area contributed by atoms with Gasteiger partial charge in [-0.15, -0.1) is 11.3 Å². The third-order valence-electron chi connectivity index (χ3n) is 3.25. The van der Waals surface area contributed by atoms with Crippen molar-refractivity contribution in [1.29, 1.82) is 0 Å². The first-order valence-electron chi connectivity index (χ1n) is 6.79. The number of rotatable bonds is 4. The van der Waals surface area contributed by atoms with Crippen LogP contribution in [-0.4, -0.2) is 18.6 Å². The topological polar surface area (TPSA) is 48.1 Å². The minimum absolute atomic E-state index is 0.108. The Hall–Kier alpha value is -1.39. The third kappa shape index (κ3) is 3.19. The summed E-state index contributed by atoms with van der Waals surface area (Å²) in [6, 6.07) is 6.33. The van der Waals surface area contributed by atoms with E-state index in [2.05, 4.69) is 43.3 Å². The molecule has 0 aliphatic rings. The van der Waals surface area contributed by atoms with E-state index < -0.39 is 0 Å². The maximum absolute atomic E-state index is 5.59. The molecule has 1 aromatic carbocycles. The molecule has 2 aromatic rings. The summed E-state index contributed by atoms with van der Waals surface area (Å²) in [6.45, 7) is 7.25. The molecule has 0 saturated carbocycles. The highest BCUT2D eigenvalue weighted by Crippen LogP contribution is 2.35. The second-order valence-corrected chi connectivity index (χ2v) is 6.77. The van der Waals surface area contributed by atoms with Crippen LogP contribution in [0.3, 0.4) is 0 Å². The largest absolute Gasteiger partial charge is 0.496 e. The van der Waals surface area contributed by atoms with Gasteiger partial charge in [0.2, 0.25) is 0 Å². The summed E-state index contributed by atoms with van der Waals surface area (Å²) in [5.74, 6) is 0.864. The zero-order chi connectivity index (χ0) is 14.8. The molecule has 4 heteroatoms. The minimum Gasteiger partial charge on any atom is -0.496 e. The molecule has 0 aliphatic heterocycles. The fraction of sp³-hybridized carbons (Fsp3) is 0.438. The van der Waals surface area contributed by atoms with Gasteiger partial charge in [-0.2, -0.15) is 0 Å². The van der Waals surface area contributed by atoms with E-state index in [9.17, 15) is 0 Å². The fourth-order valence-electron chi connectivity index (χ4n) is 2.05. The average molecular weight is 290 g/mol. The van der Waals surface area contributed by atoms with Crippen LogP contribution in [0, 0.1) is 0 Å². The molecule has 3 nitrogen and oxygen atoms in total. The summed E-state index contributed by atoms with van der Waals surface area (Å²) in [7, 11) is 1.70. The molecule has 0 spiro atoms. The van der Waals surface area contributed by atoms with Gasteiger partial charge >= 0.3 is 0 Å². The molecule has 0 fully saturated rings. The predicted octanol–water partition coefficient (Wildman–Crippen LogP) is 3.62. The van der Waals surface area contributed by atoms with Gasteiger partial charge in [0.25, 0.3) is 0 Å². The van der Waals surface area contributed by atoms with Gasteiger partial charge in [0.05, 0.1) is 17.8 Å². The molecule has 1 heterocycles. The molecule has 2 rings (SSSR count). The van der Waals surface area contributed by atoms with Crippen molar-refractivity contribution in [3.8, 4) is 17.0 Å². The van der Waals surface area contributed by atoms with Crippen LogP contribution >= 0.6 is 11.3 Å². The molecule has 0 radical (unpaired) electrons. The van der Waals surface area contributed by atoms with Gasteiger partial charge in [-0.25, -0.2) is 4.98 Å². The Labute approximate surface area is 124 Å². The van der Waals surface area contributed by atoms with Crippen LogP contribution in [0.1, 0.15) is 31.3 Å². The van der Waals surface area contributed by atoms with Crippen LogP contribution in [0.25, 0.3) is 11.3 Å². The van der Waals surface area contributed by atoms with E-state index in [4.69, 9.17) is 10.5 Å². The van der Waals surface area contributed by atoms with E-state index in [1.165, 1.54) is 5.56 Å². The summed E-state index contributed by atoms with van der Waals surface area (Å²) >= 11 is 1.65. The van der Waals surface area contributed by atoms with Crippen molar-refractivity contribution < 1.29 is 4.74 Å². The molecule has 0 bridgehead atoms. The lowest BCUT2D eigenvalue weighted by Crippen LogP contribution is -2.11. The maximum Gasteiger partial charge on any atom is 0.128 e. The fourth-order valence-corrected chi connectivity index (χ4v) is 2.86. The summed E-state index contributed by atoms with van der Waals surface area (Å²) in [6.07, 6.45) is 0.825. The van der Waals surface area contributed by atoms with Gasteiger partial charge in [0.15, 0.2) is 0 Å². The minimum atomic E-state index is 0.108. The van der Waals surface area contributed by atoms with Gasteiger partial charge < -0.3 is 10.5 Å². The molecule has 108 valence electrons. The molecule has 0 unspecified atom stereocenters. The zero-order valence-corrected chi connectivity index (χ0v) is 13.4. The predicted molar refractivity (Wildman–Crippen MR) is 85.6 cm³/mol. The molecule has 0 saturated heterocycles. The lowest BCUT2D eigenvalue weighted by Gasteiger charge is -2.20. The van der Waals surface area contributed by atoms with Crippen LogP contribution in [0.2, 0.25) is 0 Å². The Bertz CT molecular complexity index is 584. The van der Waals surface area contributed by atoms with Crippen LogP contribution in [0.4, 0.5) is 0 Å². The Kier molecular flexibility index (Phi) is 4.45. The van der Waals surface area contributed by atoms with Crippen molar-refractivity contribution in [2.75, 3.05) is 13.7 Å². The van der Waals surface area contributed by atoms with E-state index in [1.807, 2.05) is 6.07 Å². The second-order valence-electron chi connectivity index (χ2n) is 5.83. The number of benzene rings is 1. The van der Waals surface area contributed by atoms with Crippen molar-refractivity contribution in [1.82, 2.24) is 4.98 Å². The van der Waals surface area contributed by atoms with Crippen LogP contribution in [0.5, 0.6) is 5.75 Å². The standard InChI is InChI=1S/C16H22N2OS/c1-16(2,3)11-5-6-14(19-4)12(9-11)13-10-20-15(18-13)7-8-17/h5-6,9-10H,7-8,17H2,1-4H3. The molecular weight excluding hydrogens is 268 g/mol. The first kappa shape index (κ1) is 15.0. The first-order chi connectivity index (χ1) is 9.45. The van der Waals surface area contributed by atoms with Crippen molar-refractivity contribution in [2.45, 2.75) is 32.6 Å². The van der Waals surface area contributed by atoms with Gasteiger partial charge in [-0.1, -0.05) is 26.8 Å². The molecule has 0 amide bonds. The Morgan fingerprint density at radius 3 is 2.65 bits per heavy atom. The summed E-state index contributed by atoms with van der Waals surface area (Å²) in [5.41, 5.74) is 9.00. The first-order valence-corrected chi connectivity index (χ1v) is 7.67. The third-order valence-corrected chi connectivity index (χ3v) is 4.16. The van der Waals surface area contributed by atoms with Gasteiger partial charge in [0, 0.05) is 17.4 Å². The molecule has 20 heavy (non-hydrogen) atoms. The van der Waals surface area contributed by atoms with Gasteiger partial charge in [-0.05, 0) is 29.7 Å². The molecular formula is C16H22N2OS. The average Bonchev–Trinajstić information content (AvgIpc) is 2.86. The number of nitrogens with two attached hydrogens (primary N) is 1. The van der Waals surface area contributed by atoms with Crippen LogP contribution < -0.4 is 10.5 Å². The number of nitrogens with zero attached hydrogens (tertiary/aromatic N) is 1. The van der Waals surface area contributed by atoms with Crippen molar-refractivity contribution in [3.63, 3.8) is 0 Å². The van der Waals surface area contributed by atoms with Crippen molar-refractivity contribution in [3.05, 3.63) is 34.2 Å². The normalized spacial score (nSPS) is 11.7. The second kappa shape index (κ2) is 5.94. The Balaban J connectivity index is 2.46. The van der Waals surface area contributed by atoms with E-state index >= 15 is 0 Å². The Morgan fingerprint density at radius 2 is 2.05 bits per heavy atom. The smallest absolute Gasteiger partial charge is 0.128 e. The van der Waals surface area contributed by atoms with Gasteiger partial charge in [0.1, 0.15) is 5.75 Å². The van der Waals surface area contributed by atoms with Crippen LogP contribution in [0.15, 0.2) is 23.6 Å². The highest BCUT2D eigenvalue weighted by Gasteiger charge is 2.17. The van der Waals surface area contributed by atoms with E-state index in [0.717, 1.165) is 28.4 Å².